The Balaban J connectivity index is 1.49. The highest BCUT2D eigenvalue weighted by Crippen LogP contribution is 2.39. The second kappa shape index (κ2) is 5.62. The molecule has 0 radical (unpaired) electrons. The van der Waals surface area contributed by atoms with Crippen LogP contribution >= 0.6 is 0 Å². The molecule has 21 heavy (non-hydrogen) atoms. The Morgan fingerprint density at radius 2 is 2.14 bits per heavy atom. The van der Waals surface area contributed by atoms with Crippen LogP contribution in [0.25, 0.3) is 0 Å². The molecule has 1 aromatic rings. The fraction of sp³-hybridized carbons (Fsp3) is 0.667. The van der Waals surface area contributed by atoms with Crippen molar-refractivity contribution in [1.29, 1.82) is 0 Å². The number of nitrogens with zero attached hydrogens (tertiary/aromatic N) is 1. The fourth-order valence-electron chi connectivity index (χ4n) is 3.99. The molecular formula is C18H26N2O. The molecule has 1 saturated carbocycles. The standard InChI is InChI=1S/C18H26N2O/c1-2-15-11-20(17(9-19-15)13-7-8-13)10-14-12-21-18-6-4-3-5-16(14)18/h3-6,13-15,17,19H,2,7-12H2,1H3. The lowest BCUT2D eigenvalue weighted by atomic mass is 9.97. The van der Waals surface area contributed by atoms with Gasteiger partial charge in [-0.05, 0) is 31.2 Å². The summed E-state index contributed by atoms with van der Waals surface area (Å²) in [5, 5.41) is 3.74. The smallest absolute Gasteiger partial charge is 0.122 e. The minimum atomic E-state index is 0.554. The molecule has 3 aliphatic rings. The number of hydrogen-bond acceptors (Lipinski definition) is 3. The van der Waals surface area contributed by atoms with Gasteiger partial charge >= 0.3 is 0 Å². The largest absolute Gasteiger partial charge is 0.493 e. The molecule has 4 rings (SSSR count). The highest BCUT2D eigenvalue weighted by atomic mass is 16.5. The molecule has 2 heterocycles. The van der Waals surface area contributed by atoms with Crippen LogP contribution in [-0.2, 0) is 0 Å². The topological polar surface area (TPSA) is 24.5 Å². The van der Waals surface area contributed by atoms with Crippen molar-refractivity contribution in [2.24, 2.45) is 5.92 Å². The molecule has 0 aromatic heterocycles. The van der Waals surface area contributed by atoms with Gasteiger partial charge in [-0.15, -0.1) is 0 Å². The SMILES string of the molecule is CCC1CN(CC2COc3ccccc32)C(C2CC2)CN1. The molecule has 0 amide bonds. The third-order valence-corrected chi connectivity index (χ3v) is 5.45. The van der Waals surface area contributed by atoms with Gasteiger partial charge in [0.25, 0.3) is 0 Å². The van der Waals surface area contributed by atoms with E-state index >= 15 is 0 Å². The van der Waals surface area contributed by atoms with Crippen LogP contribution in [0.15, 0.2) is 24.3 Å². The number of ether oxygens (including phenoxy) is 1. The Bertz CT molecular complexity index is 500. The maximum absolute atomic E-state index is 5.87. The molecule has 1 N–H and O–H groups in total. The first-order valence-corrected chi connectivity index (χ1v) is 8.54. The quantitative estimate of drug-likeness (QED) is 0.921. The maximum Gasteiger partial charge on any atom is 0.122 e. The Morgan fingerprint density at radius 1 is 1.29 bits per heavy atom. The lowest BCUT2D eigenvalue weighted by Gasteiger charge is -2.41. The normalized spacial score (nSPS) is 32.7. The minimum absolute atomic E-state index is 0.554. The zero-order valence-corrected chi connectivity index (χ0v) is 12.9. The fourth-order valence-corrected chi connectivity index (χ4v) is 3.99. The molecule has 3 atom stereocenters. The number of para-hydroxylation sites is 1. The number of nitrogens with one attached hydrogen (secondary N) is 1. The molecule has 3 nitrogen and oxygen atoms in total. The van der Waals surface area contributed by atoms with Gasteiger partial charge in [0.05, 0.1) is 6.61 Å². The van der Waals surface area contributed by atoms with Crippen molar-refractivity contribution in [1.82, 2.24) is 10.2 Å². The third-order valence-electron chi connectivity index (χ3n) is 5.45. The zero-order valence-electron chi connectivity index (χ0n) is 12.9. The lowest BCUT2D eigenvalue weighted by molar-refractivity contribution is 0.102. The van der Waals surface area contributed by atoms with Crippen molar-refractivity contribution >= 4 is 0 Å². The van der Waals surface area contributed by atoms with Gasteiger partial charge in [0, 0.05) is 43.2 Å². The van der Waals surface area contributed by atoms with Crippen molar-refractivity contribution in [3.05, 3.63) is 29.8 Å². The van der Waals surface area contributed by atoms with Crippen molar-refractivity contribution < 1.29 is 4.74 Å². The van der Waals surface area contributed by atoms with Crippen LogP contribution < -0.4 is 10.1 Å². The first-order valence-electron chi connectivity index (χ1n) is 8.54. The highest BCUT2D eigenvalue weighted by molar-refractivity contribution is 5.39. The number of piperazine rings is 1. The molecule has 3 unspecified atom stereocenters. The van der Waals surface area contributed by atoms with Gasteiger partial charge in [0.2, 0.25) is 0 Å². The molecule has 2 fully saturated rings. The van der Waals surface area contributed by atoms with E-state index in [1.54, 1.807) is 0 Å². The second-order valence-corrected chi connectivity index (χ2v) is 6.92. The maximum atomic E-state index is 5.87. The molecular weight excluding hydrogens is 260 g/mol. The van der Waals surface area contributed by atoms with E-state index < -0.39 is 0 Å². The summed E-state index contributed by atoms with van der Waals surface area (Å²) in [4.78, 5) is 2.76. The molecule has 0 bridgehead atoms. The zero-order chi connectivity index (χ0) is 14.2. The van der Waals surface area contributed by atoms with Crippen LogP contribution in [0, 0.1) is 5.92 Å². The number of benzene rings is 1. The number of hydrogen-bond donors (Lipinski definition) is 1. The van der Waals surface area contributed by atoms with E-state index in [2.05, 4.69) is 41.4 Å². The molecule has 1 aliphatic carbocycles. The lowest BCUT2D eigenvalue weighted by Crippen LogP contribution is -2.57. The van der Waals surface area contributed by atoms with E-state index in [0.717, 1.165) is 30.9 Å². The van der Waals surface area contributed by atoms with Crippen molar-refractivity contribution in [3.8, 4) is 5.75 Å². The van der Waals surface area contributed by atoms with Gasteiger partial charge in [0.1, 0.15) is 5.75 Å². The van der Waals surface area contributed by atoms with Crippen LogP contribution in [0.2, 0.25) is 0 Å². The van der Waals surface area contributed by atoms with Gasteiger partial charge in [-0.25, -0.2) is 0 Å². The number of fused-ring (bicyclic) bond motifs is 1. The average molecular weight is 286 g/mol. The molecule has 0 spiro atoms. The second-order valence-electron chi connectivity index (χ2n) is 6.92. The van der Waals surface area contributed by atoms with Crippen LogP contribution in [-0.4, -0.2) is 43.2 Å². The van der Waals surface area contributed by atoms with E-state index in [0.29, 0.717) is 12.0 Å². The molecule has 1 aromatic carbocycles. The first kappa shape index (κ1) is 13.6. The predicted molar refractivity (Wildman–Crippen MR) is 84.8 cm³/mol. The molecule has 114 valence electrons. The van der Waals surface area contributed by atoms with E-state index in [-0.39, 0.29) is 0 Å². The van der Waals surface area contributed by atoms with Crippen molar-refractivity contribution in [3.63, 3.8) is 0 Å². The summed E-state index contributed by atoms with van der Waals surface area (Å²) in [6, 6.07) is 9.99. The Morgan fingerprint density at radius 3 is 2.95 bits per heavy atom. The van der Waals surface area contributed by atoms with Crippen molar-refractivity contribution in [2.75, 3.05) is 26.2 Å². The summed E-state index contributed by atoms with van der Waals surface area (Å²) >= 11 is 0. The average Bonchev–Trinajstić information content (AvgIpc) is 3.29. The highest BCUT2D eigenvalue weighted by Gasteiger charge is 2.40. The first-order chi connectivity index (χ1) is 10.3. The summed E-state index contributed by atoms with van der Waals surface area (Å²) in [6.45, 7) is 6.70. The number of rotatable bonds is 4. The Kier molecular flexibility index (Phi) is 3.64. The van der Waals surface area contributed by atoms with E-state index in [1.165, 1.54) is 37.9 Å². The predicted octanol–water partition coefficient (Wildman–Crippen LogP) is 2.62. The third kappa shape index (κ3) is 2.69. The summed E-state index contributed by atoms with van der Waals surface area (Å²) in [6.07, 6.45) is 4.08. The van der Waals surface area contributed by atoms with Crippen LogP contribution in [0.3, 0.4) is 0 Å². The summed E-state index contributed by atoms with van der Waals surface area (Å²) in [5.41, 5.74) is 1.42. The molecule has 2 aliphatic heterocycles. The van der Waals surface area contributed by atoms with Gasteiger partial charge in [-0.1, -0.05) is 25.1 Å². The molecule has 3 heteroatoms. The van der Waals surface area contributed by atoms with Gasteiger partial charge in [-0.3, -0.25) is 4.90 Å². The summed E-state index contributed by atoms with van der Waals surface area (Å²) in [7, 11) is 0. The van der Waals surface area contributed by atoms with E-state index in [1.807, 2.05) is 0 Å². The van der Waals surface area contributed by atoms with E-state index in [9.17, 15) is 0 Å². The minimum Gasteiger partial charge on any atom is -0.493 e. The monoisotopic (exact) mass is 286 g/mol. The van der Waals surface area contributed by atoms with Crippen LogP contribution in [0.5, 0.6) is 5.75 Å². The van der Waals surface area contributed by atoms with Gasteiger partial charge in [-0.2, -0.15) is 0 Å². The van der Waals surface area contributed by atoms with E-state index in [4.69, 9.17) is 4.74 Å². The Hall–Kier alpha value is -1.06. The Labute approximate surface area is 127 Å². The van der Waals surface area contributed by atoms with Crippen LogP contribution in [0.4, 0.5) is 0 Å². The molecule has 1 saturated heterocycles. The van der Waals surface area contributed by atoms with Gasteiger partial charge in [0.15, 0.2) is 0 Å². The van der Waals surface area contributed by atoms with Gasteiger partial charge < -0.3 is 10.1 Å². The van der Waals surface area contributed by atoms with Crippen molar-refractivity contribution in [2.45, 2.75) is 44.2 Å². The summed E-state index contributed by atoms with van der Waals surface area (Å²) < 4.78 is 5.87. The van der Waals surface area contributed by atoms with Crippen LogP contribution in [0.1, 0.15) is 37.7 Å². The summed E-state index contributed by atoms with van der Waals surface area (Å²) in [5.74, 6) is 2.60.